The Kier molecular flexibility index (Phi) is 8.27. The van der Waals surface area contributed by atoms with Crippen LogP contribution in [0.4, 0.5) is 0 Å². The van der Waals surface area contributed by atoms with Gasteiger partial charge in [0.05, 0.1) is 11.2 Å². The van der Waals surface area contributed by atoms with Crippen molar-refractivity contribution in [1.82, 2.24) is 19.5 Å². The third kappa shape index (κ3) is 6.11. The van der Waals surface area contributed by atoms with Gasteiger partial charge in [-0.25, -0.2) is 15.0 Å². The van der Waals surface area contributed by atoms with Crippen LogP contribution in [0.1, 0.15) is 11.3 Å². The van der Waals surface area contributed by atoms with Crippen molar-refractivity contribution < 1.29 is 0 Å². The van der Waals surface area contributed by atoms with Crippen LogP contribution in [0.5, 0.6) is 0 Å². The van der Waals surface area contributed by atoms with Crippen molar-refractivity contribution in [1.29, 1.82) is 0 Å². The zero-order chi connectivity index (χ0) is 40.3. The molecule has 10 aromatic rings. The minimum absolute atomic E-state index is 0.411. The van der Waals surface area contributed by atoms with E-state index in [9.17, 15) is 0 Å². The van der Waals surface area contributed by atoms with Crippen LogP contribution in [0, 0.1) is 5.92 Å². The Balaban J connectivity index is 0.919. The molecule has 2 aromatic heterocycles. The first-order valence-corrected chi connectivity index (χ1v) is 20.9. The molecular weight excluding hydrogens is 741 g/mol. The zero-order valence-electron chi connectivity index (χ0n) is 33.3. The van der Waals surface area contributed by atoms with Gasteiger partial charge in [-0.1, -0.05) is 176 Å². The van der Waals surface area contributed by atoms with Crippen LogP contribution >= 0.6 is 0 Å². The number of hydrogen-bond donors (Lipinski definition) is 0. The molecule has 0 fully saturated rings. The first-order valence-electron chi connectivity index (χ1n) is 20.9. The third-order valence-corrected chi connectivity index (χ3v) is 12.4. The minimum atomic E-state index is 0.411. The molecule has 2 aliphatic carbocycles. The van der Waals surface area contributed by atoms with Gasteiger partial charge in [-0.2, -0.15) is 0 Å². The minimum Gasteiger partial charge on any atom is -0.310 e. The van der Waals surface area contributed by atoms with E-state index in [1.165, 1.54) is 49.6 Å². The Morgan fingerprint density at radius 1 is 0.443 bits per heavy atom. The lowest BCUT2D eigenvalue weighted by molar-refractivity contribution is 0.758. The van der Waals surface area contributed by atoms with Crippen LogP contribution in [0.25, 0.3) is 101 Å². The Morgan fingerprint density at radius 3 is 1.72 bits per heavy atom. The van der Waals surface area contributed by atoms with Gasteiger partial charge in [-0.15, -0.1) is 0 Å². The van der Waals surface area contributed by atoms with Crippen molar-refractivity contribution >= 4 is 38.5 Å². The highest BCUT2D eigenvalue weighted by Crippen LogP contribution is 2.42. The summed E-state index contributed by atoms with van der Waals surface area (Å²) in [5.41, 5.74) is 14.0. The maximum Gasteiger partial charge on any atom is 0.164 e. The molecule has 8 aromatic carbocycles. The van der Waals surface area contributed by atoms with Crippen molar-refractivity contribution in [2.75, 3.05) is 0 Å². The van der Waals surface area contributed by atoms with Gasteiger partial charge in [0, 0.05) is 33.7 Å². The van der Waals surface area contributed by atoms with Crippen molar-refractivity contribution in [3.63, 3.8) is 0 Å². The molecule has 0 bridgehead atoms. The number of allylic oxidation sites excluding steroid dienone is 5. The summed E-state index contributed by atoms with van der Waals surface area (Å²) in [7, 11) is 0. The molecule has 0 aliphatic heterocycles. The normalized spacial score (nSPS) is 14.3. The highest BCUT2D eigenvalue weighted by molar-refractivity contribution is 6.04. The van der Waals surface area contributed by atoms with Gasteiger partial charge in [0.2, 0.25) is 0 Å². The second-order valence-electron chi connectivity index (χ2n) is 16.0. The summed E-state index contributed by atoms with van der Waals surface area (Å²) in [5, 5.41) is 6.12. The first-order chi connectivity index (χ1) is 30.2. The summed E-state index contributed by atoms with van der Waals surface area (Å²) in [6, 6.07) is 64.6. The summed E-state index contributed by atoms with van der Waals surface area (Å²) >= 11 is 0. The van der Waals surface area contributed by atoms with Crippen molar-refractivity contribution in [3.05, 3.63) is 223 Å². The van der Waals surface area contributed by atoms with E-state index in [1.54, 1.807) is 0 Å². The van der Waals surface area contributed by atoms with Gasteiger partial charge in [-0.3, -0.25) is 0 Å². The van der Waals surface area contributed by atoms with Gasteiger partial charge in [0.15, 0.2) is 17.5 Å². The molecule has 0 radical (unpaired) electrons. The van der Waals surface area contributed by atoms with Crippen molar-refractivity contribution in [3.8, 4) is 62.1 Å². The summed E-state index contributed by atoms with van der Waals surface area (Å²) < 4.78 is 2.46. The maximum atomic E-state index is 5.16. The third-order valence-electron chi connectivity index (χ3n) is 12.4. The van der Waals surface area contributed by atoms with Crippen LogP contribution < -0.4 is 0 Å². The highest BCUT2D eigenvalue weighted by Gasteiger charge is 2.26. The fourth-order valence-electron chi connectivity index (χ4n) is 9.34. The summed E-state index contributed by atoms with van der Waals surface area (Å²) in [6.07, 6.45) is 12.4. The Morgan fingerprint density at radius 2 is 1.00 bits per heavy atom. The molecule has 12 rings (SSSR count). The molecule has 61 heavy (non-hydrogen) atoms. The molecule has 2 heterocycles. The molecule has 2 aliphatic rings. The van der Waals surface area contributed by atoms with E-state index in [0.29, 0.717) is 23.4 Å². The quantitative estimate of drug-likeness (QED) is 0.169. The van der Waals surface area contributed by atoms with Crippen molar-refractivity contribution in [2.24, 2.45) is 5.92 Å². The average Bonchev–Trinajstić information content (AvgIpc) is 3.64. The predicted molar refractivity (Wildman–Crippen MR) is 252 cm³/mol. The largest absolute Gasteiger partial charge is 0.310 e. The van der Waals surface area contributed by atoms with Crippen LogP contribution in [0.2, 0.25) is 0 Å². The summed E-state index contributed by atoms with van der Waals surface area (Å²) in [6.45, 7) is 0. The Hall–Kier alpha value is -7.95. The van der Waals surface area contributed by atoms with E-state index in [2.05, 4.69) is 199 Å². The van der Waals surface area contributed by atoms with E-state index < -0.39 is 0 Å². The van der Waals surface area contributed by atoms with E-state index in [4.69, 9.17) is 15.0 Å². The van der Waals surface area contributed by atoms with Crippen LogP contribution in [0.3, 0.4) is 0 Å². The number of hydrogen-bond acceptors (Lipinski definition) is 3. The number of aromatic nitrogens is 4. The fraction of sp³-hybridized carbons (Fsp3) is 0.0351. The molecule has 1 unspecified atom stereocenters. The molecule has 0 spiro atoms. The Bertz CT molecular complexity index is 3410. The number of fused-ring (bicyclic) bond motifs is 6. The molecule has 0 saturated heterocycles. The average molecular weight is 779 g/mol. The Labute approximate surface area is 354 Å². The van der Waals surface area contributed by atoms with E-state index in [-0.39, 0.29) is 0 Å². The molecule has 4 nitrogen and oxygen atoms in total. The van der Waals surface area contributed by atoms with Gasteiger partial charge in [-0.05, 0) is 97.8 Å². The van der Waals surface area contributed by atoms with Crippen LogP contribution in [-0.4, -0.2) is 19.5 Å². The molecule has 0 amide bonds. The molecule has 0 saturated carbocycles. The van der Waals surface area contributed by atoms with Crippen LogP contribution in [-0.2, 0) is 6.42 Å². The monoisotopic (exact) mass is 778 g/mol. The molecule has 4 heteroatoms. The number of nitrogens with zero attached hydrogens (tertiary/aromatic N) is 4. The van der Waals surface area contributed by atoms with Crippen LogP contribution in [0.15, 0.2) is 212 Å². The van der Waals surface area contributed by atoms with Gasteiger partial charge < -0.3 is 4.57 Å². The second kappa shape index (κ2) is 14.4. The molecule has 1 atom stereocenters. The highest BCUT2D eigenvalue weighted by atomic mass is 15.0. The standard InChI is InChI=1S/C57H38N4/c1-3-13-39(14-4-1)47-31-32-50(49-22-12-11-21-48(47)49)57-59-55(40-15-5-2-6-16-40)58-56(60-57)41-25-23-37(24-26-41)38-27-29-46(30-28-38)61-53-35-44-19-9-7-17-42(44)33-51(53)52-34-43-18-8-10-20-45(43)36-54(52)61/h1-33,35-36,43H,34H2. The van der Waals surface area contributed by atoms with E-state index >= 15 is 0 Å². The lowest BCUT2D eigenvalue weighted by Gasteiger charge is -2.23. The first kappa shape index (κ1) is 35.0. The predicted octanol–water partition coefficient (Wildman–Crippen LogP) is 14.1. The van der Waals surface area contributed by atoms with Gasteiger partial charge >= 0.3 is 0 Å². The summed E-state index contributed by atoms with van der Waals surface area (Å²) in [4.78, 5) is 15.3. The molecule has 286 valence electrons. The second-order valence-corrected chi connectivity index (χ2v) is 16.0. The topological polar surface area (TPSA) is 43.6 Å². The zero-order valence-corrected chi connectivity index (χ0v) is 33.3. The fourth-order valence-corrected chi connectivity index (χ4v) is 9.34. The smallest absolute Gasteiger partial charge is 0.164 e. The SMILES string of the molecule is C1=CC2=Cc3c(c4cc5ccccc5cc4n3-c3ccc(-c4ccc(-c5nc(-c6ccccc6)nc(-c6ccc(-c7ccccc7)c7ccccc67)n5)cc4)cc3)CC2C=C1. The van der Waals surface area contributed by atoms with Gasteiger partial charge in [0.1, 0.15) is 0 Å². The lowest BCUT2D eigenvalue weighted by atomic mass is 9.83. The van der Waals surface area contributed by atoms with E-state index in [0.717, 1.165) is 50.7 Å². The summed E-state index contributed by atoms with van der Waals surface area (Å²) in [5.74, 6) is 2.34. The molecule has 0 N–H and O–H groups in total. The van der Waals surface area contributed by atoms with Gasteiger partial charge in [0.25, 0.3) is 0 Å². The number of benzene rings is 8. The molecular formula is C57H38N4. The van der Waals surface area contributed by atoms with E-state index in [1.807, 2.05) is 18.2 Å². The van der Waals surface area contributed by atoms with Crippen molar-refractivity contribution in [2.45, 2.75) is 6.42 Å². The number of rotatable bonds is 6. The lowest BCUT2D eigenvalue weighted by Crippen LogP contribution is -2.12. The maximum absolute atomic E-state index is 5.16.